The fraction of sp³-hybridized carbons (Fsp3) is 0.125. The monoisotopic (exact) mass is 430 g/mol. The number of ether oxygens (including phenoxy) is 1. The molecule has 1 heterocycles. The summed E-state index contributed by atoms with van der Waals surface area (Å²) in [6.07, 6.45) is 0. The largest absolute Gasteiger partial charge is 0.496 e. The maximum atomic E-state index is 13.0. The highest BCUT2D eigenvalue weighted by Gasteiger charge is 2.22. The smallest absolute Gasteiger partial charge is 0.261 e. The summed E-state index contributed by atoms with van der Waals surface area (Å²) in [6, 6.07) is 21.6. The molecule has 0 radical (unpaired) electrons. The van der Waals surface area contributed by atoms with Crippen LogP contribution in [0.4, 0.5) is 0 Å². The molecule has 0 fully saturated rings. The third-order valence-electron chi connectivity index (χ3n) is 4.99. The number of carbonyl (C=O) groups is 1. The molecule has 6 nitrogen and oxygen atoms in total. The number of nitrogens with two attached hydrogens (primary N) is 1. The molecule has 1 aromatic heterocycles. The fourth-order valence-corrected chi connectivity index (χ4v) is 4.18. The van der Waals surface area contributed by atoms with Crippen LogP contribution in [0.15, 0.2) is 71.7 Å². The maximum absolute atomic E-state index is 13.0. The van der Waals surface area contributed by atoms with E-state index < -0.39 is 0 Å². The Morgan fingerprint density at radius 3 is 2.68 bits per heavy atom. The van der Waals surface area contributed by atoms with Gasteiger partial charge in [-0.3, -0.25) is 10.1 Å². The van der Waals surface area contributed by atoms with Crippen LogP contribution in [0.1, 0.15) is 20.8 Å². The number of aryl methyl sites for hydroxylation is 1. The van der Waals surface area contributed by atoms with Crippen molar-refractivity contribution in [3.05, 3.63) is 82.7 Å². The van der Waals surface area contributed by atoms with Crippen molar-refractivity contribution in [2.24, 2.45) is 10.7 Å². The Bertz CT molecular complexity index is 1270. The van der Waals surface area contributed by atoms with E-state index >= 15 is 0 Å². The number of amides is 1. The number of hydrogen-bond acceptors (Lipinski definition) is 5. The van der Waals surface area contributed by atoms with Crippen molar-refractivity contribution >= 4 is 34.2 Å². The van der Waals surface area contributed by atoms with Crippen molar-refractivity contribution in [1.29, 1.82) is 0 Å². The van der Waals surface area contributed by atoms with Gasteiger partial charge in [-0.15, -0.1) is 0 Å². The number of rotatable bonds is 5. The number of hydrogen-bond donors (Lipinski definition) is 2. The van der Waals surface area contributed by atoms with E-state index in [4.69, 9.17) is 10.5 Å². The zero-order valence-corrected chi connectivity index (χ0v) is 18.1. The number of nitrogens with one attached hydrogen (secondary N) is 1. The average Bonchev–Trinajstić information content (AvgIpc) is 3.18. The summed E-state index contributed by atoms with van der Waals surface area (Å²) >= 11 is 1.27. The van der Waals surface area contributed by atoms with Gasteiger partial charge < -0.3 is 10.5 Å². The van der Waals surface area contributed by atoms with Crippen LogP contribution >= 0.6 is 11.5 Å². The molecular formula is C24H22N4O2S. The number of para-hydroxylation sites is 1. The van der Waals surface area contributed by atoms with Gasteiger partial charge in [0.05, 0.1) is 19.2 Å². The lowest BCUT2D eigenvalue weighted by molar-refractivity contribution is 0.0977. The van der Waals surface area contributed by atoms with Gasteiger partial charge in [-0.25, -0.2) is 4.99 Å². The minimum atomic E-state index is -0.341. The SMILES string of the molecule is COc1ccccc1-c1nsc(C)c1C(=O)NC(N)=NCc1cccc2ccccc12. The quantitative estimate of drug-likeness (QED) is 0.360. The van der Waals surface area contributed by atoms with Gasteiger partial charge in [0.2, 0.25) is 0 Å². The van der Waals surface area contributed by atoms with Crippen LogP contribution in [0.25, 0.3) is 22.0 Å². The molecule has 0 aliphatic heterocycles. The predicted octanol–water partition coefficient (Wildman–Crippen LogP) is 4.53. The normalized spacial score (nSPS) is 11.5. The molecule has 0 spiro atoms. The molecule has 4 aromatic rings. The summed E-state index contributed by atoms with van der Waals surface area (Å²) in [5.41, 5.74) is 8.88. The summed E-state index contributed by atoms with van der Waals surface area (Å²) < 4.78 is 9.90. The Morgan fingerprint density at radius 1 is 1.10 bits per heavy atom. The standard InChI is InChI=1S/C24H22N4O2S/c1-15-21(22(28-31-15)19-12-5-6-13-20(19)30-2)23(29)27-24(25)26-14-17-10-7-9-16-8-3-4-11-18(16)17/h3-13H,14H2,1-2H3,(H3,25,26,27,29). The van der Waals surface area contributed by atoms with Crippen molar-refractivity contribution in [3.63, 3.8) is 0 Å². The molecule has 0 atom stereocenters. The zero-order chi connectivity index (χ0) is 21.8. The van der Waals surface area contributed by atoms with Crippen LogP contribution in [-0.4, -0.2) is 23.4 Å². The minimum Gasteiger partial charge on any atom is -0.496 e. The molecule has 31 heavy (non-hydrogen) atoms. The van der Waals surface area contributed by atoms with Crippen LogP contribution in [-0.2, 0) is 6.54 Å². The van der Waals surface area contributed by atoms with E-state index in [0.717, 1.165) is 26.8 Å². The molecule has 4 rings (SSSR count). The Hall–Kier alpha value is -3.71. The first-order chi connectivity index (χ1) is 15.1. The van der Waals surface area contributed by atoms with Gasteiger partial charge in [0.25, 0.3) is 5.91 Å². The number of carbonyl (C=O) groups excluding carboxylic acids is 1. The van der Waals surface area contributed by atoms with Crippen molar-refractivity contribution in [2.75, 3.05) is 7.11 Å². The molecule has 0 aliphatic rings. The molecule has 156 valence electrons. The number of fused-ring (bicyclic) bond motifs is 1. The molecule has 0 unspecified atom stereocenters. The predicted molar refractivity (Wildman–Crippen MR) is 126 cm³/mol. The Kier molecular flexibility index (Phi) is 5.95. The number of methoxy groups -OCH3 is 1. The fourth-order valence-electron chi connectivity index (χ4n) is 3.48. The molecule has 7 heteroatoms. The summed E-state index contributed by atoms with van der Waals surface area (Å²) in [5.74, 6) is 0.375. The van der Waals surface area contributed by atoms with E-state index in [9.17, 15) is 4.79 Å². The highest BCUT2D eigenvalue weighted by molar-refractivity contribution is 7.06. The molecular weight excluding hydrogens is 408 g/mol. The summed E-state index contributed by atoms with van der Waals surface area (Å²) in [5, 5.41) is 4.96. The Labute approximate surface area is 184 Å². The number of guanidine groups is 1. The number of benzene rings is 3. The number of aromatic nitrogens is 1. The molecule has 0 aliphatic carbocycles. The van der Waals surface area contributed by atoms with Gasteiger partial charge in [0.15, 0.2) is 5.96 Å². The second kappa shape index (κ2) is 8.97. The highest BCUT2D eigenvalue weighted by Crippen LogP contribution is 2.34. The third kappa shape index (κ3) is 4.27. The van der Waals surface area contributed by atoms with Crippen LogP contribution in [0.5, 0.6) is 5.75 Å². The van der Waals surface area contributed by atoms with E-state index in [2.05, 4.69) is 32.9 Å². The topological polar surface area (TPSA) is 89.6 Å². The van der Waals surface area contributed by atoms with Gasteiger partial charge >= 0.3 is 0 Å². The highest BCUT2D eigenvalue weighted by atomic mass is 32.1. The van der Waals surface area contributed by atoms with Gasteiger partial charge in [0.1, 0.15) is 11.4 Å². The number of nitrogens with zero attached hydrogens (tertiary/aromatic N) is 2. The van der Waals surface area contributed by atoms with Crippen molar-refractivity contribution in [3.8, 4) is 17.0 Å². The summed E-state index contributed by atoms with van der Waals surface area (Å²) in [4.78, 5) is 18.2. The Morgan fingerprint density at radius 2 is 1.84 bits per heavy atom. The van der Waals surface area contributed by atoms with E-state index in [-0.39, 0.29) is 11.9 Å². The molecule has 1 amide bonds. The van der Waals surface area contributed by atoms with Gasteiger partial charge in [-0.2, -0.15) is 4.37 Å². The summed E-state index contributed by atoms with van der Waals surface area (Å²) in [7, 11) is 1.59. The lowest BCUT2D eigenvalue weighted by atomic mass is 10.0. The number of aliphatic imine (C=N–C) groups is 1. The molecule has 0 saturated heterocycles. The van der Waals surface area contributed by atoms with E-state index in [1.165, 1.54) is 11.5 Å². The van der Waals surface area contributed by atoms with E-state index in [1.54, 1.807) is 7.11 Å². The maximum Gasteiger partial charge on any atom is 0.261 e. The van der Waals surface area contributed by atoms with Crippen LogP contribution in [0, 0.1) is 6.92 Å². The van der Waals surface area contributed by atoms with Crippen LogP contribution in [0.2, 0.25) is 0 Å². The lowest BCUT2D eigenvalue weighted by Gasteiger charge is -2.09. The van der Waals surface area contributed by atoms with Gasteiger partial charge in [-0.1, -0.05) is 54.6 Å². The van der Waals surface area contributed by atoms with Crippen LogP contribution in [0.3, 0.4) is 0 Å². The first-order valence-electron chi connectivity index (χ1n) is 9.76. The van der Waals surface area contributed by atoms with Crippen LogP contribution < -0.4 is 15.8 Å². The molecule has 3 aromatic carbocycles. The molecule has 0 saturated carbocycles. The van der Waals surface area contributed by atoms with Crippen molar-refractivity contribution in [2.45, 2.75) is 13.5 Å². The van der Waals surface area contributed by atoms with E-state index in [0.29, 0.717) is 23.6 Å². The summed E-state index contributed by atoms with van der Waals surface area (Å²) in [6.45, 7) is 2.22. The van der Waals surface area contributed by atoms with Crippen molar-refractivity contribution < 1.29 is 9.53 Å². The van der Waals surface area contributed by atoms with Gasteiger partial charge in [0, 0.05) is 10.4 Å². The first-order valence-corrected chi connectivity index (χ1v) is 10.5. The average molecular weight is 431 g/mol. The Balaban J connectivity index is 1.57. The van der Waals surface area contributed by atoms with E-state index in [1.807, 2.05) is 55.5 Å². The van der Waals surface area contributed by atoms with Gasteiger partial charge in [-0.05, 0) is 46.9 Å². The zero-order valence-electron chi connectivity index (χ0n) is 17.3. The van der Waals surface area contributed by atoms with Crippen molar-refractivity contribution in [1.82, 2.24) is 9.69 Å². The second-order valence-electron chi connectivity index (χ2n) is 6.96. The third-order valence-corrected chi connectivity index (χ3v) is 5.75. The first kappa shape index (κ1) is 20.6. The lowest BCUT2D eigenvalue weighted by Crippen LogP contribution is -2.37. The second-order valence-corrected chi connectivity index (χ2v) is 7.93. The molecule has 0 bridgehead atoms. The minimum absolute atomic E-state index is 0.0644. The molecule has 3 N–H and O–H groups in total.